The maximum absolute atomic E-state index is 15.4. The lowest BCUT2D eigenvalue weighted by molar-refractivity contribution is -0.149. The Bertz CT molecular complexity index is 1270. The molecule has 2 heterocycles. The van der Waals surface area contributed by atoms with Crippen molar-refractivity contribution in [1.29, 1.82) is 0 Å². The number of halogens is 2. The van der Waals surface area contributed by atoms with Crippen LogP contribution in [-0.4, -0.2) is 56.7 Å². The number of aromatic nitrogens is 2. The first-order chi connectivity index (χ1) is 17.2. The van der Waals surface area contributed by atoms with Crippen LogP contribution in [0.1, 0.15) is 32.6 Å². The summed E-state index contributed by atoms with van der Waals surface area (Å²) in [7, 11) is 0. The van der Waals surface area contributed by atoms with Crippen LogP contribution in [0.25, 0.3) is 0 Å². The lowest BCUT2D eigenvalue weighted by atomic mass is 10.1. The van der Waals surface area contributed by atoms with E-state index in [-0.39, 0.29) is 11.7 Å². The molecular formula is C22H28ClFN3O8PS. The number of rotatable bonds is 10. The number of alkyl halides is 2. The number of hydrogen-bond acceptors (Lipinski definition) is 9. The van der Waals surface area contributed by atoms with Crippen molar-refractivity contribution in [3.05, 3.63) is 62.9 Å². The van der Waals surface area contributed by atoms with Crippen LogP contribution in [0, 0.1) is 6.92 Å². The lowest BCUT2D eigenvalue weighted by Crippen LogP contribution is -2.42. The van der Waals surface area contributed by atoms with Crippen molar-refractivity contribution in [2.24, 2.45) is 0 Å². The van der Waals surface area contributed by atoms with Gasteiger partial charge in [0.15, 0.2) is 6.23 Å². The summed E-state index contributed by atoms with van der Waals surface area (Å²) in [5.74, 6) is -0.265. The molecule has 1 aliphatic rings. The summed E-state index contributed by atoms with van der Waals surface area (Å²) in [5.41, 5.74) is -1.54. The number of benzene rings is 1. The third-order valence-corrected chi connectivity index (χ3v) is 8.12. The molecule has 0 bridgehead atoms. The van der Waals surface area contributed by atoms with Crippen LogP contribution in [0.3, 0.4) is 0 Å². The molecule has 1 saturated heterocycles. The summed E-state index contributed by atoms with van der Waals surface area (Å²) in [6, 6.07) is 7.48. The standard InChI is InChI=1S/C22H28ClFN3O8PS/c1-12(2)33-19(30)14(4)26-36(37,35-15-8-6-5-7-9-15)32-11-16-17(28)22(23,24)20(34-16)27-10-13(3)18(29)25-21(27)31/h5-10,12,14,16-17,20,28H,11H2,1-4H3,(H,26,37)(H,25,29,31)/t14-,16+,17+,20+,22+,36-/m0/s1. The highest BCUT2D eigenvalue weighted by Gasteiger charge is 2.58. The summed E-state index contributed by atoms with van der Waals surface area (Å²) < 4.78 is 38.5. The molecule has 0 spiro atoms. The lowest BCUT2D eigenvalue weighted by Gasteiger charge is -2.28. The Morgan fingerprint density at radius 3 is 2.62 bits per heavy atom. The second kappa shape index (κ2) is 11.7. The largest absolute Gasteiger partial charge is 0.462 e. The van der Waals surface area contributed by atoms with Gasteiger partial charge in [-0.25, -0.2) is 14.3 Å². The topological polar surface area (TPSA) is 141 Å². The van der Waals surface area contributed by atoms with E-state index < -0.39 is 60.1 Å². The van der Waals surface area contributed by atoms with E-state index in [4.69, 9.17) is 41.9 Å². The van der Waals surface area contributed by atoms with Crippen molar-refractivity contribution in [2.45, 2.75) is 63.4 Å². The molecule has 37 heavy (non-hydrogen) atoms. The van der Waals surface area contributed by atoms with Gasteiger partial charge in [0.25, 0.3) is 10.7 Å². The van der Waals surface area contributed by atoms with Crippen LogP contribution in [0.5, 0.6) is 5.75 Å². The molecule has 11 nitrogen and oxygen atoms in total. The number of nitrogens with one attached hydrogen (secondary N) is 2. The Morgan fingerprint density at radius 2 is 2.00 bits per heavy atom. The van der Waals surface area contributed by atoms with E-state index in [9.17, 15) is 19.5 Å². The number of H-pyrrole nitrogens is 1. The molecule has 1 fully saturated rings. The molecule has 15 heteroatoms. The van der Waals surface area contributed by atoms with E-state index in [1.165, 1.54) is 13.8 Å². The van der Waals surface area contributed by atoms with Crippen LogP contribution in [0.4, 0.5) is 4.39 Å². The summed E-state index contributed by atoms with van der Waals surface area (Å²) in [4.78, 5) is 38.3. The predicted molar refractivity (Wildman–Crippen MR) is 137 cm³/mol. The number of aliphatic hydroxyl groups is 1. The normalized spacial score (nSPS) is 26.0. The predicted octanol–water partition coefficient (Wildman–Crippen LogP) is 2.26. The average molecular weight is 580 g/mol. The van der Waals surface area contributed by atoms with Crippen LogP contribution >= 0.6 is 18.2 Å². The molecular weight excluding hydrogens is 552 g/mol. The van der Waals surface area contributed by atoms with Crippen molar-refractivity contribution in [1.82, 2.24) is 14.6 Å². The van der Waals surface area contributed by atoms with Gasteiger partial charge in [0.1, 0.15) is 24.0 Å². The Morgan fingerprint density at radius 1 is 1.35 bits per heavy atom. The second-order valence-electron chi connectivity index (χ2n) is 8.66. The number of carbonyl (C=O) groups excluding carboxylic acids is 1. The number of para-hydroxylation sites is 1. The number of aryl methyl sites for hydroxylation is 1. The monoisotopic (exact) mass is 579 g/mol. The third-order valence-electron chi connectivity index (χ3n) is 5.21. The van der Waals surface area contributed by atoms with E-state index in [1.54, 1.807) is 44.2 Å². The van der Waals surface area contributed by atoms with Gasteiger partial charge in [-0.2, -0.15) is 0 Å². The van der Waals surface area contributed by atoms with E-state index in [0.29, 0.717) is 5.75 Å². The van der Waals surface area contributed by atoms with Crippen LogP contribution < -0.4 is 20.9 Å². The van der Waals surface area contributed by atoms with Gasteiger partial charge >= 0.3 is 18.3 Å². The van der Waals surface area contributed by atoms with Gasteiger partial charge in [0, 0.05) is 11.8 Å². The maximum atomic E-state index is 15.4. The first kappa shape index (κ1) is 29.4. The van der Waals surface area contributed by atoms with Crippen molar-refractivity contribution >= 4 is 36.0 Å². The fraction of sp³-hybridized carbons (Fsp3) is 0.500. The molecule has 3 N–H and O–H groups in total. The van der Waals surface area contributed by atoms with Gasteiger partial charge in [-0.1, -0.05) is 29.8 Å². The zero-order valence-electron chi connectivity index (χ0n) is 20.4. The fourth-order valence-electron chi connectivity index (χ4n) is 3.37. The highest BCUT2D eigenvalue weighted by molar-refractivity contribution is 8.09. The number of aliphatic hydroxyl groups excluding tert-OH is 1. The number of aromatic amines is 1. The van der Waals surface area contributed by atoms with E-state index in [1.807, 2.05) is 4.98 Å². The number of esters is 1. The smallest absolute Gasteiger partial charge is 0.330 e. The van der Waals surface area contributed by atoms with Crippen LogP contribution in [0.2, 0.25) is 0 Å². The summed E-state index contributed by atoms with van der Waals surface area (Å²) in [6.45, 7) is 2.26. The molecule has 0 saturated carbocycles. The van der Waals surface area contributed by atoms with Crippen molar-refractivity contribution in [3.63, 3.8) is 0 Å². The molecule has 0 radical (unpaired) electrons. The van der Waals surface area contributed by atoms with Gasteiger partial charge in [-0.15, -0.1) is 0 Å². The Labute approximate surface area is 222 Å². The summed E-state index contributed by atoms with van der Waals surface area (Å²) >= 11 is 11.5. The van der Waals surface area contributed by atoms with Crippen molar-refractivity contribution in [2.75, 3.05) is 6.61 Å². The minimum Gasteiger partial charge on any atom is -0.462 e. The Hall–Kier alpha value is -2.12. The first-order valence-corrected chi connectivity index (χ1v) is 14.3. The molecule has 0 unspecified atom stereocenters. The molecule has 0 aliphatic carbocycles. The third kappa shape index (κ3) is 7.05. The molecule has 6 atom stereocenters. The number of nitrogens with zero attached hydrogens (tertiary/aromatic N) is 1. The van der Waals surface area contributed by atoms with Gasteiger partial charge < -0.3 is 23.6 Å². The average Bonchev–Trinajstić information content (AvgIpc) is 3.03. The van der Waals surface area contributed by atoms with Crippen molar-refractivity contribution in [3.8, 4) is 5.75 Å². The summed E-state index contributed by atoms with van der Waals surface area (Å²) in [5, 5.41) is 10.4. The van der Waals surface area contributed by atoms with E-state index in [2.05, 4.69) is 5.09 Å². The van der Waals surface area contributed by atoms with Gasteiger partial charge in [-0.05, 0) is 51.6 Å². The van der Waals surface area contributed by atoms with Crippen molar-refractivity contribution < 1.29 is 32.8 Å². The molecule has 1 aliphatic heterocycles. The minimum atomic E-state index is -3.52. The van der Waals surface area contributed by atoms with Crippen LogP contribution in [0.15, 0.2) is 46.1 Å². The highest BCUT2D eigenvalue weighted by atomic mass is 35.5. The first-order valence-electron chi connectivity index (χ1n) is 11.2. The van der Waals surface area contributed by atoms with E-state index in [0.717, 1.165) is 10.8 Å². The molecule has 1 aromatic heterocycles. The number of ether oxygens (including phenoxy) is 2. The van der Waals surface area contributed by atoms with Gasteiger partial charge in [-0.3, -0.25) is 19.1 Å². The second-order valence-corrected chi connectivity index (χ2v) is 12.4. The zero-order valence-corrected chi connectivity index (χ0v) is 22.9. The molecule has 0 amide bonds. The van der Waals surface area contributed by atoms with Crippen LogP contribution in [-0.2, 0) is 30.6 Å². The van der Waals surface area contributed by atoms with Gasteiger partial charge in [0.2, 0.25) is 0 Å². The molecule has 1 aromatic carbocycles. The number of carbonyl (C=O) groups is 1. The Kier molecular flexibility index (Phi) is 9.33. The van der Waals surface area contributed by atoms with E-state index >= 15 is 4.39 Å². The quantitative estimate of drug-likeness (QED) is 0.218. The Balaban J connectivity index is 1.82. The van der Waals surface area contributed by atoms with Gasteiger partial charge in [0.05, 0.1) is 12.7 Å². The SMILES string of the molecule is Cc1cn([C@@H]2O[C@H](CO[P@@](=S)(N[C@@H](C)C(=O)OC(C)C)Oc3ccccc3)[C@@H](O)[C@]2(F)Cl)c(=O)[nH]c1=O. The molecule has 2 aromatic rings. The fourth-order valence-corrected chi connectivity index (χ4v) is 6.09. The molecule has 204 valence electrons. The maximum Gasteiger partial charge on any atom is 0.330 e. The number of hydrogen-bond donors (Lipinski definition) is 3. The highest BCUT2D eigenvalue weighted by Crippen LogP contribution is 2.48. The minimum absolute atomic E-state index is 0.100. The summed E-state index contributed by atoms with van der Waals surface area (Å²) in [6.07, 6.45) is -4.44. The molecule has 3 rings (SSSR count). The zero-order chi connectivity index (χ0) is 27.5.